The third-order valence-corrected chi connectivity index (χ3v) is 28.7. The fourth-order valence-corrected chi connectivity index (χ4v) is 21.3. The van der Waals surface area contributed by atoms with Crippen LogP contribution in [0.5, 0.6) is 0 Å². The molecule has 0 atom stereocenters. The fourth-order valence-electron chi connectivity index (χ4n) is 21.3. The second kappa shape index (κ2) is 35.0. The van der Waals surface area contributed by atoms with Crippen molar-refractivity contribution in [1.29, 1.82) is 0 Å². The normalized spacial score (nSPS) is 11.7. The zero-order valence-electron chi connectivity index (χ0n) is 79.7. The number of para-hydroxylation sites is 8. The van der Waals surface area contributed by atoms with Gasteiger partial charge >= 0.3 is 0 Å². The van der Waals surface area contributed by atoms with Crippen LogP contribution in [-0.2, 0) is 0 Å². The van der Waals surface area contributed by atoms with E-state index in [0.717, 1.165) is 89.6 Å². The standard InChI is InChI=1S/C37H27N5.C36H26N4.C34H25NO.C22H17NO/c1-24-25(2)41(37-39-35(26-14-6-3-7-15-26)38-36(40-37)27-16-8-4-9-17-27)33-23-31-29-20-12-13-21-32(29)42(34(31)22-30(24)33)28-18-10-5-11-19-28;1-23-24(2)39(26-15-7-4-8-16-26)33-22-30-27-17-10-12-20-32(27)40(34(30)21-29(23)33)36-37-31-19-11-9-18-28(31)35(38-36)25-13-5-3-6-14-25;1-22-23(2)36-34-21-31-29-15-9-10-16-32(29)35(33(31)20-30(22)34)28-18-26(24-11-5-3-6-12-24)17-27(19-28)25-13-7-4-8-14-25;1-14-15(2)24-22-13-19-17-10-6-7-11-20(17)23(21(19)12-18(14)22)16-8-4-3-5-9-16/h3-23H,1-2H3;3-22H,1-2H3;3-21H,1-2H3;3-13H,1-2H3. The van der Waals surface area contributed by atoms with Crippen molar-refractivity contribution in [2.75, 3.05) is 0 Å². The molecule has 0 N–H and O–H groups in total. The first kappa shape index (κ1) is 85.3. The molecule has 0 unspecified atom stereocenters. The zero-order valence-corrected chi connectivity index (χ0v) is 79.7. The molecule has 10 heterocycles. The number of furan rings is 2. The second-order valence-electron chi connectivity index (χ2n) is 36.8. The van der Waals surface area contributed by atoms with Gasteiger partial charge in [-0.25, -0.2) is 15.0 Å². The monoisotopic (exact) mass is 1830 g/mol. The van der Waals surface area contributed by atoms with Gasteiger partial charge in [0, 0.05) is 121 Å². The average Bonchev–Trinajstić information content (AvgIpc) is 1.56. The van der Waals surface area contributed by atoms with Gasteiger partial charge in [0.25, 0.3) is 0 Å². The van der Waals surface area contributed by atoms with Crippen molar-refractivity contribution in [3.63, 3.8) is 0 Å². The molecule has 678 valence electrons. The number of benzene rings is 18. The van der Waals surface area contributed by atoms with Gasteiger partial charge in [-0.2, -0.15) is 9.97 Å². The fraction of sp³-hybridized carbons (Fsp3) is 0.0620. The molecule has 0 bridgehead atoms. The predicted molar refractivity (Wildman–Crippen MR) is 588 cm³/mol. The third kappa shape index (κ3) is 14.6. The van der Waals surface area contributed by atoms with E-state index < -0.39 is 0 Å². The lowest BCUT2D eigenvalue weighted by Crippen LogP contribution is -2.07. The van der Waals surface area contributed by atoms with Gasteiger partial charge in [-0.1, -0.05) is 297 Å². The quantitative estimate of drug-likeness (QED) is 0.126. The highest BCUT2D eigenvalue weighted by Gasteiger charge is 2.27. The van der Waals surface area contributed by atoms with E-state index in [4.69, 9.17) is 33.8 Å². The van der Waals surface area contributed by atoms with Gasteiger partial charge in [0.05, 0.1) is 66.4 Å². The molecule has 13 nitrogen and oxygen atoms in total. The topological polar surface area (TPSA) is 120 Å². The van der Waals surface area contributed by atoms with Crippen LogP contribution in [0.2, 0.25) is 0 Å². The maximum absolute atomic E-state index is 6.12. The van der Waals surface area contributed by atoms with Crippen molar-refractivity contribution in [2.45, 2.75) is 55.4 Å². The summed E-state index contributed by atoms with van der Waals surface area (Å²) in [5.41, 5.74) is 35.2. The molecular formula is C129H95N11O2. The smallest absolute Gasteiger partial charge is 0.238 e. The Morgan fingerprint density at radius 2 is 0.472 bits per heavy atom. The zero-order chi connectivity index (χ0) is 95.5. The predicted octanol–water partition coefficient (Wildman–Crippen LogP) is 33.4. The lowest BCUT2D eigenvalue weighted by atomic mass is 9.98. The molecule has 28 aromatic rings. The van der Waals surface area contributed by atoms with Crippen molar-refractivity contribution in [1.82, 2.24) is 52.3 Å². The number of hydrogen-bond acceptors (Lipinski definition) is 7. The Morgan fingerprint density at radius 3 is 0.894 bits per heavy atom. The Hall–Kier alpha value is -18.3. The van der Waals surface area contributed by atoms with Crippen LogP contribution in [0.1, 0.15) is 45.2 Å². The Bertz CT molecular complexity index is 9680. The largest absolute Gasteiger partial charge is 0.461 e. The Morgan fingerprint density at radius 1 is 0.176 bits per heavy atom. The summed E-state index contributed by atoms with van der Waals surface area (Å²) in [6, 6.07) is 152. The summed E-state index contributed by atoms with van der Waals surface area (Å²) in [6.07, 6.45) is 0. The highest BCUT2D eigenvalue weighted by molar-refractivity contribution is 6.18. The number of rotatable bonds is 11. The highest BCUT2D eigenvalue weighted by Crippen LogP contribution is 2.46. The van der Waals surface area contributed by atoms with Crippen LogP contribution in [0.25, 0.3) is 233 Å². The van der Waals surface area contributed by atoms with E-state index in [1.54, 1.807) is 0 Å². The maximum atomic E-state index is 6.12. The van der Waals surface area contributed by atoms with E-state index in [1.165, 1.54) is 165 Å². The number of fused-ring (bicyclic) bond motifs is 17. The van der Waals surface area contributed by atoms with E-state index >= 15 is 0 Å². The summed E-state index contributed by atoms with van der Waals surface area (Å²) < 4.78 is 26.0. The number of aromatic nitrogens is 11. The van der Waals surface area contributed by atoms with Crippen molar-refractivity contribution < 1.29 is 8.83 Å². The molecule has 0 aliphatic carbocycles. The highest BCUT2D eigenvalue weighted by atomic mass is 16.3. The van der Waals surface area contributed by atoms with Crippen molar-refractivity contribution in [3.05, 3.63) is 476 Å². The minimum absolute atomic E-state index is 0.615. The van der Waals surface area contributed by atoms with E-state index in [2.05, 4.69) is 427 Å². The van der Waals surface area contributed by atoms with Gasteiger partial charge in [-0.05, 0) is 233 Å². The summed E-state index contributed by atoms with van der Waals surface area (Å²) in [4.78, 5) is 25.4. The molecule has 13 heteroatoms. The summed E-state index contributed by atoms with van der Waals surface area (Å²) in [5, 5.41) is 15.5. The lowest BCUT2D eigenvalue weighted by Gasteiger charge is -2.14. The lowest BCUT2D eigenvalue weighted by molar-refractivity contribution is 0.575. The van der Waals surface area contributed by atoms with Crippen LogP contribution in [0.4, 0.5) is 0 Å². The summed E-state index contributed by atoms with van der Waals surface area (Å²) in [6.45, 7) is 17.1. The Kier molecular flexibility index (Phi) is 21.1. The van der Waals surface area contributed by atoms with Crippen LogP contribution in [0, 0.1) is 55.4 Å². The van der Waals surface area contributed by atoms with Gasteiger partial charge in [0.1, 0.15) is 22.7 Å². The molecule has 0 spiro atoms. The van der Waals surface area contributed by atoms with E-state index in [0.29, 0.717) is 23.5 Å². The Labute approximate surface area is 819 Å². The first-order valence-corrected chi connectivity index (χ1v) is 48.4. The number of nitrogens with zero attached hydrogens (tertiary/aromatic N) is 11. The average molecular weight is 1830 g/mol. The number of hydrogen-bond donors (Lipinski definition) is 0. The van der Waals surface area contributed by atoms with Crippen molar-refractivity contribution >= 4 is 142 Å². The Balaban J connectivity index is 0.000000101. The molecule has 0 aliphatic heterocycles. The van der Waals surface area contributed by atoms with Gasteiger partial charge in [0.15, 0.2) is 11.6 Å². The molecule has 0 fully saturated rings. The number of aryl methyl sites for hydroxylation is 6. The molecule has 0 amide bonds. The second-order valence-corrected chi connectivity index (χ2v) is 36.8. The van der Waals surface area contributed by atoms with Crippen molar-refractivity contribution in [3.8, 4) is 90.9 Å². The molecule has 0 aliphatic rings. The molecule has 0 saturated carbocycles. The van der Waals surface area contributed by atoms with E-state index in [-0.39, 0.29) is 0 Å². The van der Waals surface area contributed by atoms with Crippen LogP contribution in [0.15, 0.2) is 440 Å². The van der Waals surface area contributed by atoms with Crippen molar-refractivity contribution in [2.24, 2.45) is 0 Å². The van der Waals surface area contributed by atoms with Crippen LogP contribution in [0.3, 0.4) is 0 Å². The van der Waals surface area contributed by atoms with Gasteiger partial charge in [0.2, 0.25) is 11.9 Å². The minimum Gasteiger partial charge on any atom is -0.461 e. The van der Waals surface area contributed by atoms with Gasteiger partial charge in [-0.15, -0.1) is 0 Å². The van der Waals surface area contributed by atoms with Gasteiger partial charge in [-0.3, -0.25) is 9.13 Å². The van der Waals surface area contributed by atoms with Gasteiger partial charge < -0.3 is 27.1 Å². The molecule has 142 heavy (non-hydrogen) atoms. The van der Waals surface area contributed by atoms with E-state index in [1.807, 2.05) is 86.6 Å². The van der Waals surface area contributed by atoms with Crippen LogP contribution in [-0.4, -0.2) is 52.3 Å². The molecule has 18 aromatic carbocycles. The van der Waals surface area contributed by atoms with E-state index in [9.17, 15) is 0 Å². The SMILES string of the molecule is Cc1c(C)n(-c2ccccc2)c2cc3c4ccccc4n(-c4nc(-c5ccccc5)c5ccccc5n4)c3cc12.Cc1c(C)n(-c2nc(-c3ccccc3)nc(-c3ccccc3)n2)c2cc3c4ccccc4n(-c4ccccc4)c3cc12.Cc1oc2cc3c4ccccc4n(-c4cc(-c5ccccc5)cc(-c5ccccc5)c4)c3cc2c1C.Cc1oc2cc3c4ccccc4n(-c4ccccc4)c3cc2c1C. The molecule has 0 saturated heterocycles. The molecular weight excluding hydrogens is 1740 g/mol. The maximum Gasteiger partial charge on any atom is 0.238 e. The van der Waals surface area contributed by atoms with Crippen LogP contribution < -0.4 is 0 Å². The molecule has 0 radical (unpaired) electrons. The summed E-state index contributed by atoms with van der Waals surface area (Å²) in [5.74, 6) is 4.57. The third-order valence-electron chi connectivity index (χ3n) is 28.7. The molecule has 28 rings (SSSR count). The summed E-state index contributed by atoms with van der Waals surface area (Å²) in [7, 11) is 0. The summed E-state index contributed by atoms with van der Waals surface area (Å²) >= 11 is 0. The first-order valence-electron chi connectivity index (χ1n) is 48.4. The first-order chi connectivity index (χ1) is 69.8. The minimum atomic E-state index is 0.615. The molecule has 10 aromatic heterocycles. The van der Waals surface area contributed by atoms with Crippen LogP contribution >= 0.6 is 0 Å².